The number of amides is 1. The summed E-state index contributed by atoms with van der Waals surface area (Å²) in [5.41, 5.74) is 0.563. The van der Waals surface area contributed by atoms with Crippen molar-refractivity contribution in [1.29, 1.82) is 0 Å². The van der Waals surface area contributed by atoms with E-state index < -0.39 is 28.3 Å². The Hall–Kier alpha value is -4.53. The molecule has 1 aliphatic carbocycles. The van der Waals surface area contributed by atoms with Gasteiger partial charge in [-0.05, 0) is 69.2 Å². The Balaban J connectivity index is 1.53. The normalized spacial score (nSPS) is 22.8. The van der Waals surface area contributed by atoms with E-state index in [1.807, 2.05) is 67.8 Å². The van der Waals surface area contributed by atoms with E-state index in [0.717, 1.165) is 11.0 Å². The van der Waals surface area contributed by atoms with Gasteiger partial charge in [0.25, 0.3) is 5.91 Å². The molecule has 6 rings (SSSR count). The molecule has 9 heteroatoms. The number of rotatable bonds is 6. The number of imidazole rings is 1. The first-order valence-electron chi connectivity index (χ1n) is 13.4. The molecule has 2 fully saturated rings. The third kappa shape index (κ3) is 3.50. The fraction of sp³-hybridized carbons (Fsp3) is 0.323. The Labute approximate surface area is 231 Å². The second-order valence-corrected chi connectivity index (χ2v) is 11.1. The summed E-state index contributed by atoms with van der Waals surface area (Å²) < 4.78 is 13.0. The lowest BCUT2D eigenvalue weighted by Crippen LogP contribution is -2.50. The van der Waals surface area contributed by atoms with Crippen molar-refractivity contribution in [3.05, 3.63) is 72.4 Å². The Kier molecular flexibility index (Phi) is 5.80. The Morgan fingerprint density at radius 1 is 1.05 bits per heavy atom. The monoisotopic (exact) mass is 538 g/mol. The van der Waals surface area contributed by atoms with Crippen LogP contribution in [-0.2, 0) is 19.1 Å². The summed E-state index contributed by atoms with van der Waals surface area (Å²) in [7, 11) is 0. The van der Waals surface area contributed by atoms with E-state index in [1.54, 1.807) is 31.3 Å². The molecule has 0 spiro atoms. The van der Waals surface area contributed by atoms with Gasteiger partial charge in [0.15, 0.2) is 11.4 Å². The minimum Gasteiger partial charge on any atom is -0.462 e. The summed E-state index contributed by atoms with van der Waals surface area (Å²) in [5.74, 6) is -0.736. The Morgan fingerprint density at radius 2 is 1.82 bits per heavy atom. The largest absolute Gasteiger partial charge is 0.462 e. The van der Waals surface area contributed by atoms with E-state index in [0.29, 0.717) is 35.7 Å². The first-order chi connectivity index (χ1) is 19.1. The molecular formula is C31H30N4O5. The number of carbonyl (C=O) groups excluding carboxylic acids is 3. The number of aromatic nitrogens is 3. The third-order valence-electron chi connectivity index (χ3n) is 8.90. The number of fused-ring (bicyclic) bond motifs is 3. The fourth-order valence-corrected chi connectivity index (χ4v) is 6.08. The Bertz CT molecular complexity index is 1680. The van der Waals surface area contributed by atoms with Crippen molar-refractivity contribution >= 4 is 34.6 Å². The van der Waals surface area contributed by atoms with E-state index in [2.05, 4.69) is 10.3 Å². The number of nitrogens with zero attached hydrogens (tertiary/aromatic N) is 3. The first-order valence-corrected chi connectivity index (χ1v) is 13.4. The molecule has 2 aromatic carbocycles. The molecule has 204 valence electrons. The van der Waals surface area contributed by atoms with E-state index in [4.69, 9.17) is 14.5 Å². The lowest BCUT2D eigenvalue weighted by Gasteiger charge is -2.35. The number of ether oxygens (including phenoxy) is 2. The van der Waals surface area contributed by atoms with Crippen molar-refractivity contribution in [2.45, 2.75) is 46.1 Å². The summed E-state index contributed by atoms with van der Waals surface area (Å²) in [5, 5.41) is 3.04. The maximum atomic E-state index is 14.1. The molecule has 40 heavy (non-hydrogen) atoms. The van der Waals surface area contributed by atoms with Crippen LogP contribution in [0.15, 0.2) is 66.9 Å². The molecule has 1 N–H and O–H groups in total. The maximum Gasteiger partial charge on any atom is 0.338 e. The third-order valence-corrected chi connectivity index (χ3v) is 8.90. The van der Waals surface area contributed by atoms with Crippen LogP contribution in [0.1, 0.15) is 50.9 Å². The van der Waals surface area contributed by atoms with Crippen molar-refractivity contribution in [2.75, 3.05) is 11.9 Å². The topological polar surface area (TPSA) is 112 Å². The van der Waals surface area contributed by atoms with Gasteiger partial charge in [0, 0.05) is 11.6 Å². The highest BCUT2D eigenvalue weighted by atomic mass is 16.6. The van der Waals surface area contributed by atoms with E-state index in [1.165, 1.54) is 0 Å². The molecule has 2 aromatic heterocycles. The first kappa shape index (κ1) is 25.7. The van der Waals surface area contributed by atoms with Crippen LogP contribution >= 0.6 is 0 Å². The van der Waals surface area contributed by atoms with Gasteiger partial charge in [-0.2, -0.15) is 0 Å². The number of nitrogens with one attached hydrogen (secondary N) is 1. The second kappa shape index (κ2) is 9.01. The minimum absolute atomic E-state index is 0.212. The van der Waals surface area contributed by atoms with Gasteiger partial charge in [-0.15, -0.1) is 0 Å². The molecule has 2 atom stereocenters. The predicted octanol–water partition coefficient (Wildman–Crippen LogP) is 5.32. The number of anilines is 1. The lowest BCUT2D eigenvalue weighted by molar-refractivity contribution is -0.165. The molecule has 3 heterocycles. The van der Waals surface area contributed by atoms with Gasteiger partial charge >= 0.3 is 11.9 Å². The van der Waals surface area contributed by atoms with Crippen LogP contribution in [0.5, 0.6) is 0 Å². The minimum atomic E-state index is -1.34. The van der Waals surface area contributed by atoms with Crippen molar-refractivity contribution < 1.29 is 23.9 Å². The molecule has 2 bridgehead atoms. The quantitative estimate of drug-likeness (QED) is 0.331. The fourth-order valence-electron chi connectivity index (χ4n) is 6.08. The van der Waals surface area contributed by atoms with Gasteiger partial charge in [-0.25, -0.2) is 9.78 Å². The number of para-hydroxylation sites is 2. The van der Waals surface area contributed by atoms with Gasteiger partial charge in [-0.1, -0.05) is 32.0 Å². The molecule has 9 nitrogen and oxygen atoms in total. The van der Waals surface area contributed by atoms with Gasteiger partial charge in [0.1, 0.15) is 5.69 Å². The summed E-state index contributed by atoms with van der Waals surface area (Å²) in [6.45, 7) is 7.62. The Morgan fingerprint density at radius 3 is 2.50 bits per heavy atom. The van der Waals surface area contributed by atoms with E-state index in [-0.39, 0.29) is 18.1 Å². The summed E-state index contributed by atoms with van der Waals surface area (Å²) in [6.07, 6.45) is 2.66. The highest BCUT2D eigenvalue weighted by molar-refractivity contribution is 6.05. The average Bonchev–Trinajstić information content (AvgIpc) is 3.48. The second-order valence-electron chi connectivity index (χ2n) is 11.1. The van der Waals surface area contributed by atoms with Crippen molar-refractivity contribution in [2.24, 2.45) is 10.8 Å². The number of pyridine rings is 1. The SMILES string of the molecule is CCOC(=O)c1ccc(-n2c(-c3ccccn3)nc3ccccc32)c(NC(=O)C23CC[C@@](C)(C(=O)O2)C3(C)C)c1. The van der Waals surface area contributed by atoms with Crippen molar-refractivity contribution in [3.8, 4) is 17.2 Å². The van der Waals surface area contributed by atoms with Crippen molar-refractivity contribution in [1.82, 2.24) is 14.5 Å². The highest BCUT2D eigenvalue weighted by Gasteiger charge is 2.75. The summed E-state index contributed by atoms with van der Waals surface area (Å²) in [6, 6.07) is 18.2. The van der Waals surface area contributed by atoms with Gasteiger partial charge in [0.2, 0.25) is 0 Å². The summed E-state index contributed by atoms with van der Waals surface area (Å²) in [4.78, 5) is 49.1. The van der Waals surface area contributed by atoms with Gasteiger partial charge < -0.3 is 14.8 Å². The van der Waals surface area contributed by atoms with Crippen LogP contribution in [0.4, 0.5) is 5.69 Å². The van der Waals surface area contributed by atoms with Crippen molar-refractivity contribution in [3.63, 3.8) is 0 Å². The smallest absolute Gasteiger partial charge is 0.338 e. The maximum absolute atomic E-state index is 14.1. The van der Waals surface area contributed by atoms with E-state index in [9.17, 15) is 14.4 Å². The summed E-state index contributed by atoms with van der Waals surface area (Å²) >= 11 is 0. The number of carbonyl (C=O) groups is 3. The van der Waals surface area contributed by atoms with E-state index >= 15 is 0 Å². The zero-order valence-electron chi connectivity index (χ0n) is 22.9. The number of esters is 2. The molecule has 1 unspecified atom stereocenters. The van der Waals surface area contributed by atoms with Crippen LogP contribution in [0.2, 0.25) is 0 Å². The number of hydrogen-bond acceptors (Lipinski definition) is 7. The number of benzene rings is 2. The van der Waals surface area contributed by atoms with Crippen LogP contribution in [-0.4, -0.2) is 44.6 Å². The van der Waals surface area contributed by atoms with Crippen LogP contribution < -0.4 is 5.32 Å². The lowest BCUT2D eigenvalue weighted by atomic mass is 9.66. The van der Waals surface area contributed by atoms with Crippen LogP contribution in [0.3, 0.4) is 0 Å². The number of hydrogen-bond donors (Lipinski definition) is 1. The molecule has 0 radical (unpaired) electrons. The molecule has 1 amide bonds. The predicted molar refractivity (Wildman–Crippen MR) is 149 cm³/mol. The molecular weight excluding hydrogens is 508 g/mol. The highest BCUT2D eigenvalue weighted by Crippen LogP contribution is 2.65. The molecule has 1 saturated carbocycles. The zero-order valence-corrected chi connectivity index (χ0v) is 22.9. The molecule has 4 aromatic rings. The van der Waals surface area contributed by atoms with Gasteiger partial charge in [-0.3, -0.25) is 19.1 Å². The molecule has 2 aliphatic rings. The van der Waals surface area contributed by atoms with Gasteiger partial charge in [0.05, 0.1) is 40.0 Å². The van der Waals surface area contributed by atoms with Crippen LogP contribution in [0, 0.1) is 10.8 Å². The zero-order chi connectivity index (χ0) is 28.3. The van der Waals surface area contributed by atoms with Crippen LogP contribution in [0.25, 0.3) is 28.2 Å². The average molecular weight is 539 g/mol. The molecule has 1 aliphatic heterocycles. The molecule has 1 saturated heterocycles. The standard InChI is InChI=1S/C31H30N4O5/c1-5-39-26(36)19-13-14-24(35-23-12-7-6-10-20(23)33-25(35)21-11-8-9-17-32-21)22(18-19)34-27(37)31-16-15-30(4,28(38)40-31)29(31,2)3/h6-14,17-18H,5,15-16H2,1-4H3,(H,34,37)/t30-,31?/m0/s1.